The topological polar surface area (TPSA) is 96.8 Å². The summed E-state index contributed by atoms with van der Waals surface area (Å²) in [6, 6.07) is 11.7. The largest absolute Gasteiger partial charge is 0.492 e. The van der Waals surface area contributed by atoms with Gasteiger partial charge in [0.05, 0.1) is 18.0 Å². The minimum atomic E-state index is -3.77. The molecule has 1 atom stereocenters. The summed E-state index contributed by atoms with van der Waals surface area (Å²) in [5.74, 6) is -5.37. The summed E-state index contributed by atoms with van der Waals surface area (Å²) in [5, 5.41) is 31.0. The van der Waals surface area contributed by atoms with Gasteiger partial charge in [0.25, 0.3) is 5.92 Å². The van der Waals surface area contributed by atoms with Crippen molar-refractivity contribution in [3.8, 4) is 11.8 Å². The summed E-state index contributed by atoms with van der Waals surface area (Å²) in [6.45, 7) is -0.482. The van der Waals surface area contributed by atoms with Crippen molar-refractivity contribution >= 4 is 0 Å². The molecule has 1 unspecified atom stereocenters. The molecule has 4 aliphatic rings. The SMILES string of the molecule is N#CC1(COc2ccc(C34CC(C(F)(F)C(O)(Cn5cnnn5)c5ccc(F)cc5F)(C3)C4)cc2)CC1. The molecule has 4 aliphatic carbocycles. The summed E-state index contributed by atoms with van der Waals surface area (Å²) in [7, 11) is 0. The number of nitrogens with zero attached hydrogens (tertiary/aromatic N) is 5. The highest BCUT2D eigenvalue weighted by Crippen LogP contribution is 2.80. The predicted octanol–water partition coefficient (Wildman–Crippen LogP) is 4.28. The van der Waals surface area contributed by atoms with Crippen molar-refractivity contribution in [2.75, 3.05) is 6.61 Å². The van der Waals surface area contributed by atoms with E-state index in [9.17, 15) is 19.1 Å². The number of halogens is 4. The lowest BCUT2D eigenvalue weighted by molar-refractivity contribution is -0.347. The van der Waals surface area contributed by atoms with Gasteiger partial charge in [0, 0.05) is 17.0 Å². The van der Waals surface area contributed by atoms with Gasteiger partial charge in [-0.3, -0.25) is 0 Å². The fourth-order valence-corrected chi connectivity index (χ4v) is 6.10. The molecule has 2 aromatic carbocycles. The lowest BCUT2D eigenvalue weighted by Gasteiger charge is -2.74. The lowest BCUT2D eigenvalue weighted by atomic mass is 9.30. The van der Waals surface area contributed by atoms with E-state index in [1.54, 1.807) is 12.1 Å². The van der Waals surface area contributed by atoms with E-state index in [0.717, 1.165) is 41.5 Å². The molecule has 1 N–H and O–H groups in total. The number of rotatable bonds is 9. The quantitative estimate of drug-likeness (QED) is 0.429. The maximum Gasteiger partial charge on any atom is 0.287 e. The zero-order valence-electron chi connectivity index (χ0n) is 19.7. The van der Waals surface area contributed by atoms with Crippen molar-refractivity contribution in [1.82, 2.24) is 20.2 Å². The number of ether oxygens (including phenoxy) is 1. The van der Waals surface area contributed by atoms with Crippen LogP contribution in [0.15, 0.2) is 48.8 Å². The van der Waals surface area contributed by atoms with Crippen LogP contribution in [-0.2, 0) is 17.6 Å². The van der Waals surface area contributed by atoms with Gasteiger partial charge in [0.1, 0.15) is 30.3 Å². The van der Waals surface area contributed by atoms with E-state index in [1.165, 1.54) is 0 Å². The molecule has 0 aliphatic heterocycles. The Morgan fingerprint density at radius 2 is 1.78 bits per heavy atom. The van der Waals surface area contributed by atoms with Gasteiger partial charge < -0.3 is 9.84 Å². The molecule has 1 aromatic heterocycles. The van der Waals surface area contributed by atoms with Crippen molar-refractivity contribution in [2.45, 2.75) is 55.6 Å². The molecule has 0 spiro atoms. The van der Waals surface area contributed by atoms with E-state index in [2.05, 4.69) is 21.6 Å². The monoisotopic (exact) mass is 513 g/mol. The molecule has 0 saturated heterocycles. The van der Waals surface area contributed by atoms with Gasteiger partial charge in [-0.05, 0) is 77.8 Å². The molecule has 0 radical (unpaired) electrons. The summed E-state index contributed by atoms with van der Waals surface area (Å²) in [6.07, 6.45) is 3.00. The first-order valence-corrected chi connectivity index (χ1v) is 12.0. The highest BCUT2D eigenvalue weighted by atomic mass is 19.3. The molecule has 0 amide bonds. The molecule has 4 saturated carbocycles. The zero-order valence-corrected chi connectivity index (χ0v) is 19.7. The first kappa shape index (κ1) is 23.9. The van der Waals surface area contributed by atoms with Crippen LogP contribution in [0.25, 0.3) is 0 Å². The van der Waals surface area contributed by atoms with E-state index in [4.69, 9.17) is 4.74 Å². The smallest absolute Gasteiger partial charge is 0.287 e. The number of tetrazole rings is 1. The van der Waals surface area contributed by atoms with Crippen molar-refractivity contribution in [1.29, 1.82) is 5.26 Å². The standard InChI is InChI=1S/C26H23F4N5O2/c27-18-3-6-20(21(28)9-18)25(36,14-35-16-32-33-34-35)26(29,30)24-10-23(11-24,12-24)17-1-4-19(5-2-17)37-15-22(13-31)7-8-22/h1-6,9,16,36H,7-8,10-12,14-15H2. The number of hydrogen-bond donors (Lipinski definition) is 1. The summed E-state index contributed by atoms with van der Waals surface area (Å²) < 4.78 is 67.5. The van der Waals surface area contributed by atoms with Crippen LogP contribution in [0.5, 0.6) is 5.75 Å². The van der Waals surface area contributed by atoms with Gasteiger partial charge in [0.15, 0.2) is 5.60 Å². The fourth-order valence-electron chi connectivity index (χ4n) is 6.10. The Labute approximate surface area is 209 Å². The Morgan fingerprint density at radius 1 is 1.08 bits per heavy atom. The molecule has 4 fully saturated rings. The maximum absolute atomic E-state index is 16.3. The molecular weight excluding hydrogens is 490 g/mol. The van der Waals surface area contributed by atoms with Gasteiger partial charge in [-0.2, -0.15) is 5.26 Å². The molecule has 37 heavy (non-hydrogen) atoms. The molecule has 192 valence electrons. The normalized spacial score (nSPS) is 26.8. The summed E-state index contributed by atoms with van der Waals surface area (Å²) >= 11 is 0. The van der Waals surface area contributed by atoms with E-state index in [1.807, 2.05) is 12.1 Å². The molecule has 7 rings (SSSR count). The third-order valence-corrected chi connectivity index (χ3v) is 8.45. The molecule has 3 aromatic rings. The number of nitriles is 1. The van der Waals surface area contributed by atoms with E-state index < -0.39 is 51.5 Å². The van der Waals surface area contributed by atoms with Crippen LogP contribution in [-0.4, -0.2) is 37.8 Å². The van der Waals surface area contributed by atoms with Crippen LogP contribution in [0, 0.1) is 33.8 Å². The van der Waals surface area contributed by atoms with Crippen molar-refractivity contribution < 1.29 is 27.4 Å². The van der Waals surface area contributed by atoms with Crippen LogP contribution in [0.3, 0.4) is 0 Å². The number of aromatic nitrogens is 4. The van der Waals surface area contributed by atoms with Crippen LogP contribution < -0.4 is 4.74 Å². The van der Waals surface area contributed by atoms with E-state index in [0.29, 0.717) is 18.4 Å². The molecular formula is C26H23F4N5O2. The molecule has 11 heteroatoms. The number of hydrogen-bond acceptors (Lipinski definition) is 6. The second-order valence-electron chi connectivity index (χ2n) is 10.9. The average molecular weight is 513 g/mol. The molecule has 2 bridgehead atoms. The highest BCUT2D eigenvalue weighted by Gasteiger charge is 2.82. The Hall–Kier alpha value is -3.52. The Kier molecular flexibility index (Phi) is 4.99. The first-order valence-electron chi connectivity index (χ1n) is 12.0. The third-order valence-electron chi connectivity index (χ3n) is 8.45. The number of benzene rings is 2. The number of alkyl halides is 2. The maximum atomic E-state index is 16.3. The van der Waals surface area contributed by atoms with Crippen molar-refractivity contribution in [3.63, 3.8) is 0 Å². The van der Waals surface area contributed by atoms with Gasteiger partial charge in [-0.1, -0.05) is 12.1 Å². The van der Waals surface area contributed by atoms with Crippen LogP contribution in [0.2, 0.25) is 0 Å². The fraction of sp³-hybridized carbons (Fsp3) is 0.462. The van der Waals surface area contributed by atoms with Gasteiger partial charge in [0.2, 0.25) is 0 Å². The summed E-state index contributed by atoms with van der Waals surface area (Å²) in [4.78, 5) is 0. The second kappa shape index (κ2) is 7.74. The van der Waals surface area contributed by atoms with Gasteiger partial charge >= 0.3 is 0 Å². The average Bonchev–Trinajstić information content (AvgIpc) is 3.42. The highest BCUT2D eigenvalue weighted by molar-refractivity contribution is 5.44. The Balaban J connectivity index is 1.23. The number of aliphatic hydroxyl groups is 1. The first-order chi connectivity index (χ1) is 17.6. The zero-order chi connectivity index (χ0) is 26.1. The second-order valence-corrected chi connectivity index (χ2v) is 10.9. The van der Waals surface area contributed by atoms with Crippen LogP contribution >= 0.6 is 0 Å². The van der Waals surface area contributed by atoms with Crippen molar-refractivity contribution in [3.05, 3.63) is 71.6 Å². The van der Waals surface area contributed by atoms with Crippen molar-refractivity contribution in [2.24, 2.45) is 10.8 Å². The minimum absolute atomic E-state index is 0.103. The van der Waals surface area contributed by atoms with E-state index in [-0.39, 0.29) is 19.3 Å². The Bertz CT molecular complexity index is 1370. The molecule has 7 nitrogen and oxygen atoms in total. The van der Waals surface area contributed by atoms with Crippen LogP contribution in [0.1, 0.15) is 43.2 Å². The lowest BCUT2D eigenvalue weighted by Crippen LogP contribution is -2.76. The minimum Gasteiger partial charge on any atom is -0.492 e. The Morgan fingerprint density at radius 3 is 2.35 bits per heavy atom. The van der Waals surface area contributed by atoms with Crippen LogP contribution in [0.4, 0.5) is 17.6 Å². The predicted molar refractivity (Wildman–Crippen MR) is 120 cm³/mol. The molecule has 1 heterocycles. The summed E-state index contributed by atoms with van der Waals surface area (Å²) in [5.41, 5.74) is -5.26. The van der Waals surface area contributed by atoms with E-state index >= 15 is 8.78 Å². The third kappa shape index (κ3) is 3.45. The van der Waals surface area contributed by atoms with Gasteiger partial charge in [-0.15, -0.1) is 5.10 Å². The van der Waals surface area contributed by atoms with Gasteiger partial charge in [-0.25, -0.2) is 22.2 Å².